The summed E-state index contributed by atoms with van der Waals surface area (Å²) in [5.74, 6) is 0.965. The lowest BCUT2D eigenvalue weighted by atomic mass is 10.1. The van der Waals surface area contributed by atoms with Crippen LogP contribution >= 0.6 is 27.3 Å². The van der Waals surface area contributed by atoms with Crippen molar-refractivity contribution in [3.63, 3.8) is 0 Å². The van der Waals surface area contributed by atoms with Gasteiger partial charge in [-0.2, -0.15) is 4.31 Å². The maximum Gasteiger partial charge on any atom is 0.243 e. The fourth-order valence-corrected chi connectivity index (χ4v) is 6.27. The lowest BCUT2D eigenvalue weighted by Gasteiger charge is -2.27. The van der Waals surface area contributed by atoms with Crippen LogP contribution in [0.1, 0.15) is 16.0 Å². The average Bonchev–Trinajstić information content (AvgIpc) is 3.30. The summed E-state index contributed by atoms with van der Waals surface area (Å²) < 4.78 is 39.3. The van der Waals surface area contributed by atoms with E-state index >= 15 is 0 Å². The van der Waals surface area contributed by atoms with Crippen LogP contribution in [0.5, 0.6) is 11.5 Å². The highest BCUT2D eigenvalue weighted by atomic mass is 79.9. The molecule has 7 nitrogen and oxygen atoms in total. The lowest BCUT2D eigenvalue weighted by Crippen LogP contribution is -2.43. The number of sulfonamides is 1. The summed E-state index contributed by atoms with van der Waals surface area (Å²) in [6, 6.07) is 14.0. The number of thiophene rings is 1. The second kappa shape index (κ2) is 13.2. The molecule has 0 radical (unpaired) electrons. The Morgan fingerprint density at radius 3 is 2.38 bits per heavy atom. The summed E-state index contributed by atoms with van der Waals surface area (Å²) in [6.07, 6.45) is 2.05. The highest BCUT2D eigenvalue weighted by Gasteiger charge is 2.28. The van der Waals surface area contributed by atoms with Crippen molar-refractivity contribution >= 4 is 43.2 Å². The number of aryl methyl sites for hydroxylation is 1. The van der Waals surface area contributed by atoms with E-state index < -0.39 is 10.0 Å². The van der Waals surface area contributed by atoms with Crippen molar-refractivity contribution in [3.05, 3.63) is 87.0 Å². The number of rotatable bonds is 13. The van der Waals surface area contributed by atoms with Gasteiger partial charge < -0.3 is 14.4 Å². The Morgan fingerprint density at radius 1 is 1.08 bits per heavy atom. The maximum atomic E-state index is 13.6. The van der Waals surface area contributed by atoms with Gasteiger partial charge in [0.25, 0.3) is 0 Å². The number of ether oxygens (including phenoxy) is 2. The van der Waals surface area contributed by atoms with Gasteiger partial charge >= 0.3 is 0 Å². The zero-order chi connectivity index (χ0) is 27.0. The molecule has 0 unspecified atom stereocenters. The largest absolute Gasteiger partial charge is 0.493 e. The third-order valence-electron chi connectivity index (χ3n) is 5.87. The number of carbonyl (C=O) groups is 1. The predicted octanol–water partition coefficient (Wildman–Crippen LogP) is 5.28. The molecule has 1 aromatic heterocycles. The van der Waals surface area contributed by atoms with Crippen molar-refractivity contribution in [2.45, 2.75) is 24.8 Å². The Bertz CT molecular complexity index is 1320. The third kappa shape index (κ3) is 7.44. The summed E-state index contributed by atoms with van der Waals surface area (Å²) in [4.78, 5) is 16.5. The van der Waals surface area contributed by atoms with Crippen molar-refractivity contribution in [1.29, 1.82) is 0 Å². The zero-order valence-corrected chi connectivity index (χ0v) is 24.4. The summed E-state index contributed by atoms with van der Waals surface area (Å²) in [6.45, 7) is 6.23. The molecule has 2 aromatic carbocycles. The Labute approximate surface area is 231 Å². The van der Waals surface area contributed by atoms with E-state index in [4.69, 9.17) is 9.47 Å². The zero-order valence-electron chi connectivity index (χ0n) is 21.1. The van der Waals surface area contributed by atoms with Crippen LogP contribution in [0, 0.1) is 6.92 Å². The van der Waals surface area contributed by atoms with Crippen LogP contribution in [-0.2, 0) is 27.8 Å². The minimum Gasteiger partial charge on any atom is -0.493 e. The Hall–Kier alpha value is -2.66. The van der Waals surface area contributed by atoms with E-state index in [9.17, 15) is 13.2 Å². The quantitative estimate of drug-likeness (QED) is 0.247. The van der Waals surface area contributed by atoms with Crippen LogP contribution in [0.15, 0.2) is 75.9 Å². The van der Waals surface area contributed by atoms with Gasteiger partial charge in [-0.15, -0.1) is 17.9 Å². The number of halogens is 1. The molecule has 37 heavy (non-hydrogen) atoms. The molecule has 3 rings (SSSR count). The molecular formula is C27H31BrN2O5S2. The van der Waals surface area contributed by atoms with Crippen LogP contribution in [-0.4, -0.2) is 57.4 Å². The van der Waals surface area contributed by atoms with Crippen molar-refractivity contribution in [2.75, 3.05) is 33.9 Å². The first-order valence-corrected chi connectivity index (χ1v) is 14.7. The van der Waals surface area contributed by atoms with Crippen molar-refractivity contribution in [2.24, 2.45) is 0 Å². The summed E-state index contributed by atoms with van der Waals surface area (Å²) >= 11 is 4.91. The molecule has 198 valence electrons. The molecule has 0 N–H and O–H groups in total. The summed E-state index contributed by atoms with van der Waals surface area (Å²) in [7, 11) is -0.734. The Balaban J connectivity index is 1.84. The molecule has 10 heteroatoms. The molecule has 0 aliphatic heterocycles. The third-order valence-corrected chi connectivity index (χ3v) is 9.23. The van der Waals surface area contributed by atoms with Gasteiger partial charge in [0.15, 0.2) is 11.5 Å². The second-order valence-corrected chi connectivity index (χ2v) is 12.2. The Morgan fingerprint density at radius 2 is 1.78 bits per heavy atom. The molecule has 1 heterocycles. The molecule has 0 aliphatic rings. The van der Waals surface area contributed by atoms with E-state index in [2.05, 4.69) is 22.5 Å². The van der Waals surface area contributed by atoms with Crippen molar-refractivity contribution < 1.29 is 22.7 Å². The van der Waals surface area contributed by atoms with Gasteiger partial charge in [0.2, 0.25) is 15.9 Å². The van der Waals surface area contributed by atoms with Gasteiger partial charge in [0, 0.05) is 22.4 Å². The molecule has 1 amide bonds. The molecule has 0 aliphatic carbocycles. The monoisotopic (exact) mass is 606 g/mol. The predicted molar refractivity (Wildman–Crippen MR) is 151 cm³/mol. The van der Waals surface area contributed by atoms with Crippen LogP contribution in [0.25, 0.3) is 0 Å². The maximum absolute atomic E-state index is 13.6. The molecule has 3 aromatic rings. The second-order valence-electron chi connectivity index (χ2n) is 8.32. The van der Waals surface area contributed by atoms with Gasteiger partial charge in [-0.25, -0.2) is 8.42 Å². The first-order valence-electron chi connectivity index (χ1n) is 11.6. The lowest BCUT2D eigenvalue weighted by molar-refractivity contribution is -0.131. The molecule has 0 bridgehead atoms. The van der Waals surface area contributed by atoms with Gasteiger partial charge in [0.1, 0.15) is 0 Å². The number of benzene rings is 2. The molecule has 0 saturated carbocycles. The van der Waals surface area contributed by atoms with Gasteiger partial charge in [0.05, 0.1) is 32.2 Å². The number of carbonyl (C=O) groups excluding carboxylic acids is 1. The van der Waals surface area contributed by atoms with E-state index in [-0.39, 0.29) is 23.9 Å². The van der Waals surface area contributed by atoms with E-state index in [0.717, 1.165) is 24.8 Å². The van der Waals surface area contributed by atoms with Crippen molar-refractivity contribution in [3.8, 4) is 11.5 Å². The highest BCUT2D eigenvalue weighted by molar-refractivity contribution is 9.10. The van der Waals surface area contributed by atoms with Gasteiger partial charge in [-0.05, 0) is 72.3 Å². The fourth-order valence-electron chi connectivity index (χ4n) is 3.73. The summed E-state index contributed by atoms with van der Waals surface area (Å²) in [5, 5.41) is 1.99. The van der Waals surface area contributed by atoms with Crippen LogP contribution in [0.3, 0.4) is 0 Å². The molecule has 0 atom stereocenters. The molecule has 0 fully saturated rings. The number of methoxy groups -OCH3 is 2. The minimum absolute atomic E-state index is 0.0195. The number of nitrogens with zero attached hydrogens (tertiary/aromatic N) is 2. The van der Waals surface area contributed by atoms with Crippen molar-refractivity contribution in [1.82, 2.24) is 9.21 Å². The van der Waals surface area contributed by atoms with Gasteiger partial charge in [-0.3, -0.25) is 4.79 Å². The molecule has 0 spiro atoms. The summed E-state index contributed by atoms with van der Waals surface area (Å²) in [5.41, 5.74) is 2.07. The van der Waals surface area contributed by atoms with Crippen LogP contribution < -0.4 is 9.47 Å². The molecular weight excluding hydrogens is 576 g/mol. The van der Waals surface area contributed by atoms with Gasteiger partial charge in [-0.1, -0.05) is 28.1 Å². The topological polar surface area (TPSA) is 76.2 Å². The normalized spacial score (nSPS) is 11.4. The standard InChI is InChI=1S/C27H31BrN2O5S2/c1-5-14-30(37(32,33)23-9-7-22(28)8-10-23)19-27(31)29(18-26-20(2)13-16-36-26)15-12-21-6-11-24(34-3)25(17-21)35-4/h5-11,13,16-17H,1,12,14-15,18-19H2,2-4H3. The number of hydrogen-bond acceptors (Lipinski definition) is 6. The SMILES string of the molecule is C=CCN(CC(=O)N(CCc1ccc(OC)c(OC)c1)Cc1sccc1C)S(=O)(=O)c1ccc(Br)cc1. The van der Waals surface area contributed by atoms with E-state index in [1.54, 1.807) is 42.6 Å². The highest BCUT2D eigenvalue weighted by Crippen LogP contribution is 2.28. The minimum atomic E-state index is -3.90. The van der Waals surface area contributed by atoms with E-state index in [0.29, 0.717) is 31.0 Å². The van der Waals surface area contributed by atoms with E-state index in [1.807, 2.05) is 36.6 Å². The fraction of sp³-hybridized carbons (Fsp3) is 0.296. The number of hydrogen-bond donors (Lipinski definition) is 0. The van der Waals surface area contributed by atoms with E-state index in [1.165, 1.54) is 18.2 Å². The first kappa shape index (κ1) is 28.9. The first-order chi connectivity index (χ1) is 17.7. The molecule has 0 saturated heterocycles. The smallest absolute Gasteiger partial charge is 0.243 e. The number of amides is 1. The van der Waals surface area contributed by atoms with Crippen LogP contribution in [0.4, 0.5) is 0 Å². The van der Waals surface area contributed by atoms with Crippen LogP contribution in [0.2, 0.25) is 0 Å². The average molecular weight is 608 g/mol. The Kier molecular flexibility index (Phi) is 10.3.